The number of rotatable bonds is 6. The first-order chi connectivity index (χ1) is 12.7. The molecule has 2 amide bonds. The van der Waals surface area contributed by atoms with E-state index in [1.54, 1.807) is 26.0 Å². The minimum atomic E-state index is -0.609. The molecule has 2 aromatic rings. The van der Waals surface area contributed by atoms with Gasteiger partial charge in [-0.2, -0.15) is 0 Å². The number of hydrogen-bond acceptors (Lipinski definition) is 5. The molecule has 2 N–H and O–H groups in total. The predicted molar refractivity (Wildman–Crippen MR) is 103 cm³/mol. The molecule has 2 aromatic carbocycles. The number of nitro groups is 1. The number of anilines is 2. The highest BCUT2D eigenvalue weighted by molar-refractivity contribution is 6.34. The zero-order chi connectivity index (χ0) is 20.1. The lowest BCUT2D eigenvalue weighted by Gasteiger charge is -2.14. The van der Waals surface area contributed by atoms with Gasteiger partial charge in [-0.15, -0.1) is 0 Å². The molecule has 2 rings (SSSR count). The second-order valence-corrected chi connectivity index (χ2v) is 6.34. The molecule has 8 nitrogen and oxygen atoms in total. The Bertz CT molecular complexity index is 899. The van der Waals surface area contributed by atoms with Crippen molar-refractivity contribution in [3.05, 3.63) is 57.1 Å². The number of benzene rings is 2. The van der Waals surface area contributed by atoms with Crippen molar-refractivity contribution in [2.24, 2.45) is 5.92 Å². The molecule has 0 saturated heterocycles. The van der Waals surface area contributed by atoms with Crippen molar-refractivity contribution in [2.45, 2.75) is 13.8 Å². The molecular weight excluding hydrogens is 374 g/mol. The SMILES string of the molecule is COc1cc(NC(=O)c2cc([N+](=O)[O-])ccc2Cl)ccc1NC(=O)C(C)C. The molecule has 9 heteroatoms. The third-order valence-corrected chi connectivity index (χ3v) is 3.98. The molecule has 0 bridgehead atoms. The minimum Gasteiger partial charge on any atom is -0.494 e. The van der Waals surface area contributed by atoms with Gasteiger partial charge in [0.05, 0.1) is 28.3 Å². The van der Waals surface area contributed by atoms with Crippen LogP contribution in [0.25, 0.3) is 0 Å². The summed E-state index contributed by atoms with van der Waals surface area (Å²) in [6.07, 6.45) is 0. The number of nitrogens with zero attached hydrogens (tertiary/aromatic N) is 1. The van der Waals surface area contributed by atoms with Crippen molar-refractivity contribution in [3.63, 3.8) is 0 Å². The molecule has 0 unspecified atom stereocenters. The third kappa shape index (κ3) is 4.95. The molecular formula is C18H18ClN3O5. The van der Waals surface area contributed by atoms with Gasteiger partial charge >= 0.3 is 0 Å². The Morgan fingerprint density at radius 1 is 1.15 bits per heavy atom. The van der Waals surface area contributed by atoms with Crippen molar-refractivity contribution in [1.29, 1.82) is 0 Å². The lowest BCUT2D eigenvalue weighted by atomic mass is 10.1. The summed E-state index contributed by atoms with van der Waals surface area (Å²) in [5.41, 5.74) is 0.570. The zero-order valence-corrected chi connectivity index (χ0v) is 15.7. The zero-order valence-electron chi connectivity index (χ0n) is 14.9. The fraction of sp³-hybridized carbons (Fsp3) is 0.222. The first-order valence-electron chi connectivity index (χ1n) is 7.97. The van der Waals surface area contributed by atoms with Gasteiger partial charge in [0, 0.05) is 29.8 Å². The van der Waals surface area contributed by atoms with Gasteiger partial charge in [0.15, 0.2) is 0 Å². The number of carbonyl (C=O) groups is 2. The summed E-state index contributed by atoms with van der Waals surface area (Å²) >= 11 is 5.98. The summed E-state index contributed by atoms with van der Waals surface area (Å²) in [7, 11) is 1.43. The number of hydrogen-bond donors (Lipinski definition) is 2. The van der Waals surface area contributed by atoms with E-state index in [1.165, 1.54) is 25.3 Å². The fourth-order valence-electron chi connectivity index (χ4n) is 2.15. The second kappa shape index (κ2) is 8.50. The first-order valence-corrected chi connectivity index (χ1v) is 8.35. The molecule has 0 atom stereocenters. The van der Waals surface area contributed by atoms with E-state index in [0.29, 0.717) is 17.1 Å². The molecule has 0 aliphatic heterocycles. The highest BCUT2D eigenvalue weighted by Crippen LogP contribution is 2.29. The largest absolute Gasteiger partial charge is 0.494 e. The molecule has 142 valence electrons. The van der Waals surface area contributed by atoms with Gasteiger partial charge in [-0.3, -0.25) is 19.7 Å². The van der Waals surface area contributed by atoms with Crippen LogP contribution in [0.4, 0.5) is 17.1 Å². The van der Waals surface area contributed by atoms with E-state index < -0.39 is 10.8 Å². The monoisotopic (exact) mass is 391 g/mol. The van der Waals surface area contributed by atoms with Gasteiger partial charge in [-0.25, -0.2) is 0 Å². The van der Waals surface area contributed by atoms with Crippen molar-refractivity contribution in [3.8, 4) is 5.75 Å². The second-order valence-electron chi connectivity index (χ2n) is 5.93. The molecule has 0 radical (unpaired) electrons. The molecule has 0 aromatic heterocycles. The van der Waals surface area contributed by atoms with Crippen LogP contribution in [0.1, 0.15) is 24.2 Å². The summed E-state index contributed by atoms with van der Waals surface area (Å²) in [4.78, 5) is 34.6. The van der Waals surface area contributed by atoms with Crippen LogP contribution in [0.5, 0.6) is 5.75 Å². The maximum Gasteiger partial charge on any atom is 0.270 e. The molecule has 0 aliphatic rings. The van der Waals surface area contributed by atoms with Gasteiger partial charge < -0.3 is 15.4 Å². The number of ether oxygens (including phenoxy) is 1. The van der Waals surface area contributed by atoms with E-state index in [9.17, 15) is 19.7 Å². The van der Waals surface area contributed by atoms with Crippen LogP contribution >= 0.6 is 11.6 Å². The van der Waals surface area contributed by atoms with Crippen LogP contribution in [0, 0.1) is 16.0 Å². The van der Waals surface area contributed by atoms with E-state index in [4.69, 9.17) is 16.3 Å². The molecule has 0 saturated carbocycles. The summed E-state index contributed by atoms with van der Waals surface area (Å²) in [6.45, 7) is 3.53. The van der Waals surface area contributed by atoms with Gasteiger partial charge in [-0.05, 0) is 18.2 Å². The third-order valence-electron chi connectivity index (χ3n) is 3.65. The number of nitro benzene ring substituents is 1. The minimum absolute atomic E-state index is 0.0259. The number of carbonyl (C=O) groups excluding carboxylic acids is 2. The molecule has 0 fully saturated rings. The number of halogens is 1. The Balaban J connectivity index is 2.25. The van der Waals surface area contributed by atoms with Crippen LogP contribution in [0.2, 0.25) is 5.02 Å². The van der Waals surface area contributed by atoms with Gasteiger partial charge in [0.1, 0.15) is 5.75 Å². The summed E-state index contributed by atoms with van der Waals surface area (Å²) < 4.78 is 5.25. The van der Waals surface area contributed by atoms with Gasteiger partial charge in [-0.1, -0.05) is 25.4 Å². The lowest BCUT2D eigenvalue weighted by Crippen LogP contribution is -2.18. The fourth-order valence-corrected chi connectivity index (χ4v) is 2.35. The van der Waals surface area contributed by atoms with Crippen LogP contribution < -0.4 is 15.4 Å². The van der Waals surface area contributed by atoms with Crippen LogP contribution in [-0.2, 0) is 4.79 Å². The summed E-state index contributed by atoms with van der Waals surface area (Å²) in [6, 6.07) is 8.30. The standard InChI is InChI=1S/C18H18ClN3O5/c1-10(2)17(23)21-15-7-4-11(8-16(15)27-3)20-18(24)13-9-12(22(25)26)5-6-14(13)19/h4-10H,1-3H3,(H,20,24)(H,21,23). The van der Waals surface area contributed by atoms with Crippen molar-refractivity contribution in [2.75, 3.05) is 17.7 Å². The Hall–Kier alpha value is -3.13. The van der Waals surface area contributed by atoms with Gasteiger partial charge in [0.2, 0.25) is 5.91 Å². The van der Waals surface area contributed by atoms with E-state index in [2.05, 4.69) is 10.6 Å². The maximum atomic E-state index is 12.4. The molecule has 0 heterocycles. The number of amides is 2. The van der Waals surface area contributed by atoms with Crippen LogP contribution in [0.3, 0.4) is 0 Å². The Kier molecular flexibility index (Phi) is 6.36. The Morgan fingerprint density at radius 3 is 2.44 bits per heavy atom. The Morgan fingerprint density at radius 2 is 1.85 bits per heavy atom. The quantitative estimate of drug-likeness (QED) is 0.568. The van der Waals surface area contributed by atoms with Crippen LogP contribution in [0.15, 0.2) is 36.4 Å². The van der Waals surface area contributed by atoms with Crippen molar-refractivity contribution < 1.29 is 19.2 Å². The Labute approximate surface area is 160 Å². The molecule has 0 spiro atoms. The van der Waals surface area contributed by atoms with Crippen LogP contribution in [-0.4, -0.2) is 23.8 Å². The maximum absolute atomic E-state index is 12.4. The molecule has 27 heavy (non-hydrogen) atoms. The first kappa shape index (κ1) is 20.2. The van der Waals surface area contributed by atoms with E-state index >= 15 is 0 Å². The van der Waals surface area contributed by atoms with Crippen molar-refractivity contribution >= 4 is 40.5 Å². The van der Waals surface area contributed by atoms with E-state index in [1.807, 2.05) is 0 Å². The summed E-state index contributed by atoms with van der Waals surface area (Å²) in [5.74, 6) is -0.629. The topological polar surface area (TPSA) is 111 Å². The van der Waals surface area contributed by atoms with E-state index in [0.717, 1.165) is 6.07 Å². The summed E-state index contributed by atoms with van der Waals surface area (Å²) in [5, 5.41) is 16.3. The number of nitrogens with one attached hydrogen (secondary N) is 2. The lowest BCUT2D eigenvalue weighted by molar-refractivity contribution is -0.384. The average molecular weight is 392 g/mol. The smallest absolute Gasteiger partial charge is 0.270 e. The highest BCUT2D eigenvalue weighted by atomic mass is 35.5. The predicted octanol–water partition coefficient (Wildman–Crippen LogP) is 4.10. The highest BCUT2D eigenvalue weighted by Gasteiger charge is 2.17. The normalized spacial score (nSPS) is 10.4. The van der Waals surface area contributed by atoms with E-state index in [-0.39, 0.29) is 28.1 Å². The number of methoxy groups -OCH3 is 1. The number of non-ortho nitro benzene ring substituents is 1. The van der Waals surface area contributed by atoms with Gasteiger partial charge in [0.25, 0.3) is 11.6 Å². The molecule has 0 aliphatic carbocycles. The van der Waals surface area contributed by atoms with Crippen molar-refractivity contribution in [1.82, 2.24) is 0 Å². The average Bonchev–Trinajstić information content (AvgIpc) is 2.62.